The van der Waals surface area contributed by atoms with E-state index < -0.39 is 10.0 Å². The molecule has 1 aliphatic rings. The molecule has 0 bridgehead atoms. The van der Waals surface area contributed by atoms with Crippen molar-refractivity contribution in [3.8, 4) is 11.5 Å². The van der Waals surface area contributed by atoms with E-state index in [0.29, 0.717) is 35.3 Å². The van der Waals surface area contributed by atoms with E-state index in [0.717, 1.165) is 17.1 Å². The number of rotatable bonds is 3. The highest BCUT2D eigenvalue weighted by molar-refractivity contribution is 7.99. The number of benzene rings is 1. The third kappa shape index (κ3) is 3.75. The van der Waals surface area contributed by atoms with Gasteiger partial charge in [0, 0.05) is 35.6 Å². The summed E-state index contributed by atoms with van der Waals surface area (Å²) in [5.41, 5.74) is 1.11. The zero-order valence-corrected chi connectivity index (χ0v) is 16.6. The van der Waals surface area contributed by atoms with E-state index >= 15 is 0 Å². The fraction of sp³-hybridized carbons (Fsp3) is 0.529. The lowest BCUT2D eigenvalue weighted by Gasteiger charge is -2.26. The van der Waals surface area contributed by atoms with E-state index in [4.69, 9.17) is 4.52 Å². The van der Waals surface area contributed by atoms with Crippen LogP contribution < -0.4 is 0 Å². The Hall–Kier alpha value is -1.38. The minimum Gasteiger partial charge on any atom is -0.334 e. The monoisotopic (exact) mass is 381 g/mol. The standard InChI is InChI=1S/C17H23N3O3S2/c1-12-5-6-13(15-18-16(19-23-15)17(2,3)4)11-14(12)25(21,22)20-7-9-24-10-8-20/h5-6,11H,7-10H2,1-4H3. The second kappa shape index (κ2) is 6.74. The van der Waals surface area contributed by atoms with Gasteiger partial charge in [-0.1, -0.05) is 32.0 Å². The molecule has 6 nitrogen and oxygen atoms in total. The van der Waals surface area contributed by atoms with Gasteiger partial charge < -0.3 is 4.52 Å². The smallest absolute Gasteiger partial charge is 0.257 e. The van der Waals surface area contributed by atoms with Crippen molar-refractivity contribution in [1.82, 2.24) is 14.4 Å². The highest BCUT2D eigenvalue weighted by atomic mass is 32.2. The number of aromatic nitrogens is 2. The zero-order valence-electron chi connectivity index (χ0n) is 14.9. The highest BCUT2D eigenvalue weighted by Gasteiger charge is 2.28. The molecule has 25 heavy (non-hydrogen) atoms. The molecular weight excluding hydrogens is 358 g/mol. The fourth-order valence-electron chi connectivity index (χ4n) is 2.58. The van der Waals surface area contributed by atoms with E-state index in [1.807, 2.05) is 33.8 Å². The van der Waals surface area contributed by atoms with Crippen LogP contribution in [0, 0.1) is 6.92 Å². The van der Waals surface area contributed by atoms with Crippen molar-refractivity contribution in [3.05, 3.63) is 29.6 Å². The van der Waals surface area contributed by atoms with E-state index in [1.54, 1.807) is 28.2 Å². The van der Waals surface area contributed by atoms with Crippen LogP contribution >= 0.6 is 11.8 Å². The van der Waals surface area contributed by atoms with Gasteiger partial charge in [0.05, 0.1) is 4.90 Å². The molecule has 0 radical (unpaired) electrons. The molecule has 2 aromatic rings. The van der Waals surface area contributed by atoms with Crippen molar-refractivity contribution in [2.75, 3.05) is 24.6 Å². The normalized spacial score (nSPS) is 17.0. The lowest BCUT2D eigenvalue weighted by atomic mass is 9.96. The molecule has 0 aliphatic carbocycles. The molecule has 1 aliphatic heterocycles. The Labute approximate surface area is 153 Å². The van der Waals surface area contributed by atoms with Gasteiger partial charge >= 0.3 is 0 Å². The first kappa shape index (κ1) is 18.4. The van der Waals surface area contributed by atoms with Gasteiger partial charge in [-0.05, 0) is 24.6 Å². The SMILES string of the molecule is Cc1ccc(-c2nc(C(C)(C)C)no2)cc1S(=O)(=O)N1CCSCC1. The molecule has 0 unspecified atom stereocenters. The van der Waals surface area contributed by atoms with Crippen LogP contribution in [0.1, 0.15) is 32.2 Å². The predicted molar refractivity (Wildman–Crippen MR) is 99.3 cm³/mol. The minimum absolute atomic E-state index is 0.229. The number of sulfonamides is 1. The van der Waals surface area contributed by atoms with Crippen LogP contribution in [0.25, 0.3) is 11.5 Å². The Bertz CT molecular complexity index is 864. The van der Waals surface area contributed by atoms with Gasteiger partial charge in [0.1, 0.15) is 0 Å². The quantitative estimate of drug-likeness (QED) is 0.813. The van der Waals surface area contributed by atoms with E-state index in [9.17, 15) is 8.42 Å². The molecule has 0 saturated carbocycles. The van der Waals surface area contributed by atoms with E-state index in [-0.39, 0.29) is 5.41 Å². The molecule has 1 fully saturated rings. The van der Waals surface area contributed by atoms with Crippen molar-refractivity contribution in [2.24, 2.45) is 0 Å². The average Bonchev–Trinajstić information content (AvgIpc) is 3.06. The van der Waals surface area contributed by atoms with Crippen LogP contribution in [0.4, 0.5) is 0 Å². The number of hydrogen-bond donors (Lipinski definition) is 0. The average molecular weight is 382 g/mol. The predicted octanol–water partition coefficient (Wildman–Crippen LogP) is 3.08. The molecule has 0 amide bonds. The van der Waals surface area contributed by atoms with E-state index in [1.165, 1.54) is 0 Å². The minimum atomic E-state index is -3.51. The summed E-state index contributed by atoms with van der Waals surface area (Å²) < 4.78 is 32.9. The summed E-state index contributed by atoms with van der Waals surface area (Å²) >= 11 is 1.78. The lowest BCUT2D eigenvalue weighted by Crippen LogP contribution is -2.38. The van der Waals surface area contributed by atoms with Gasteiger partial charge in [-0.25, -0.2) is 8.42 Å². The number of nitrogens with zero attached hydrogens (tertiary/aromatic N) is 3. The van der Waals surface area contributed by atoms with Crippen molar-refractivity contribution in [2.45, 2.75) is 38.0 Å². The summed E-state index contributed by atoms with van der Waals surface area (Å²) in [5.74, 6) is 2.60. The topological polar surface area (TPSA) is 76.3 Å². The summed E-state index contributed by atoms with van der Waals surface area (Å²) in [5, 5.41) is 4.02. The molecule has 0 N–H and O–H groups in total. The summed E-state index contributed by atoms with van der Waals surface area (Å²) in [6.07, 6.45) is 0. The van der Waals surface area contributed by atoms with Crippen LogP contribution in [0.15, 0.2) is 27.6 Å². The maximum absolute atomic E-state index is 13.0. The van der Waals surface area contributed by atoms with Gasteiger partial charge in [-0.2, -0.15) is 21.1 Å². The van der Waals surface area contributed by atoms with Gasteiger partial charge in [0.2, 0.25) is 10.0 Å². The fourth-order valence-corrected chi connectivity index (χ4v) is 5.41. The summed E-state index contributed by atoms with van der Waals surface area (Å²) in [6, 6.07) is 5.26. The van der Waals surface area contributed by atoms with Crippen LogP contribution in [0.5, 0.6) is 0 Å². The van der Waals surface area contributed by atoms with Crippen molar-refractivity contribution >= 4 is 21.8 Å². The van der Waals surface area contributed by atoms with Crippen molar-refractivity contribution in [3.63, 3.8) is 0 Å². The molecule has 0 spiro atoms. The van der Waals surface area contributed by atoms with Crippen LogP contribution in [-0.4, -0.2) is 47.5 Å². The third-order valence-corrected chi connectivity index (χ3v) is 7.10. The van der Waals surface area contributed by atoms with Crippen molar-refractivity contribution < 1.29 is 12.9 Å². The van der Waals surface area contributed by atoms with Crippen molar-refractivity contribution in [1.29, 1.82) is 0 Å². The molecule has 1 saturated heterocycles. The summed E-state index contributed by atoms with van der Waals surface area (Å²) in [7, 11) is -3.51. The Morgan fingerprint density at radius 2 is 1.88 bits per heavy atom. The first-order chi connectivity index (χ1) is 11.7. The first-order valence-electron chi connectivity index (χ1n) is 8.23. The van der Waals surface area contributed by atoms with Crippen LogP contribution in [0.3, 0.4) is 0 Å². The van der Waals surface area contributed by atoms with E-state index in [2.05, 4.69) is 10.1 Å². The second-order valence-electron chi connectivity index (χ2n) is 7.17. The van der Waals surface area contributed by atoms with Gasteiger partial charge in [0.25, 0.3) is 5.89 Å². The largest absolute Gasteiger partial charge is 0.334 e. The maximum Gasteiger partial charge on any atom is 0.257 e. The lowest BCUT2D eigenvalue weighted by molar-refractivity contribution is 0.402. The van der Waals surface area contributed by atoms with Gasteiger partial charge in [-0.15, -0.1) is 0 Å². The number of aryl methyl sites for hydroxylation is 1. The number of hydrogen-bond acceptors (Lipinski definition) is 6. The Morgan fingerprint density at radius 3 is 2.48 bits per heavy atom. The summed E-state index contributed by atoms with van der Waals surface area (Å²) in [6.45, 7) is 8.91. The second-order valence-corrected chi connectivity index (χ2v) is 10.3. The molecular formula is C17H23N3O3S2. The van der Waals surface area contributed by atoms with Gasteiger partial charge in [0.15, 0.2) is 5.82 Å². The third-order valence-electron chi connectivity index (χ3n) is 4.12. The maximum atomic E-state index is 13.0. The Balaban J connectivity index is 1.99. The molecule has 1 aromatic carbocycles. The zero-order chi connectivity index (χ0) is 18.2. The highest BCUT2D eigenvalue weighted by Crippen LogP contribution is 2.29. The molecule has 8 heteroatoms. The van der Waals surface area contributed by atoms with Crippen LogP contribution in [0.2, 0.25) is 0 Å². The van der Waals surface area contributed by atoms with Crippen LogP contribution in [-0.2, 0) is 15.4 Å². The molecule has 0 atom stereocenters. The number of thioether (sulfide) groups is 1. The summed E-state index contributed by atoms with van der Waals surface area (Å²) in [4.78, 5) is 4.74. The Kier molecular flexibility index (Phi) is 4.96. The Morgan fingerprint density at radius 1 is 1.20 bits per heavy atom. The van der Waals surface area contributed by atoms with Gasteiger partial charge in [-0.3, -0.25) is 0 Å². The molecule has 3 rings (SSSR count). The molecule has 2 heterocycles. The molecule has 136 valence electrons. The molecule has 1 aromatic heterocycles. The first-order valence-corrected chi connectivity index (χ1v) is 10.8.